The van der Waals surface area contributed by atoms with Crippen LogP contribution in [-0.2, 0) is 6.18 Å². The highest BCUT2D eigenvalue weighted by Gasteiger charge is 2.41. The molecule has 0 radical (unpaired) electrons. The Morgan fingerprint density at radius 3 is 2.23 bits per heavy atom. The van der Waals surface area contributed by atoms with E-state index in [0.29, 0.717) is 12.2 Å². The minimum atomic E-state index is -4.46. The average molecular weight is 369 g/mol. The summed E-state index contributed by atoms with van der Waals surface area (Å²) in [5.74, 6) is -3.07. The molecule has 0 aromatic heterocycles. The van der Waals surface area contributed by atoms with Gasteiger partial charge in [0.1, 0.15) is 5.75 Å². The Bertz CT molecular complexity index is 790. The van der Waals surface area contributed by atoms with Gasteiger partial charge in [0.2, 0.25) is 0 Å². The molecule has 26 heavy (non-hydrogen) atoms. The van der Waals surface area contributed by atoms with Gasteiger partial charge in [-0.05, 0) is 48.5 Å². The molecule has 0 unspecified atom stereocenters. The van der Waals surface area contributed by atoms with Crippen molar-refractivity contribution in [1.82, 2.24) is 0 Å². The molecule has 1 fully saturated rings. The van der Waals surface area contributed by atoms with E-state index in [1.807, 2.05) is 0 Å². The van der Waals surface area contributed by atoms with E-state index in [2.05, 4.69) is 0 Å². The Morgan fingerprint density at radius 1 is 1.08 bits per heavy atom. The predicted molar refractivity (Wildman–Crippen MR) is 86.1 cm³/mol. The van der Waals surface area contributed by atoms with Crippen LogP contribution in [0, 0.1) is 0 Å². The van der Waals surface area contributed by atoms with Crippen molar-refractivity contribution >= 4 is 11.7 Å². The zero-order valence-electron chi connectivity index (χ0n) is 13.5. The number of carbonyl (C=O) groups is 1. The highest BCUT2D eigenvalue weighted by molar-refractivity contribution is 5.88. The van der Waals surface area contributed by atoms with Crippen LogP contribution >= 0.6 is 0 Å². The van der Waals surface area contributed by atoms with Gasteiger partial charge < -0.3 is 14.7 Å². The number of ether oxygens (including phenoxy) is 1. The molecule has 0 spiro atoms. The molecule has 3 rings (SSSR count). The van der Waals surface area contributed by atoms with Crippen LogP contribution in [0.5, 0.6) is 5.75 Å². The van der Waals surface area contributed by atoms with Gasteiger partial charge in [0, 0.05) is 18.7 Å². The number of aromatic carboxylic acids is 1. The fourth-order valence-corrected chi connectivity index (χ4v) is 2.79. The van der Waals surface area contributed by atoms with Crippen LogP contribution < -0.4 is 9.64 Å². The molecule has 1 heterocycles. The monoisotopic (exact) mass is 369 g/mol. The number of benzene rings is 2. The molecule has 1 aliphatic rings. The second kappa shape index (κ2) is 6.51. The second-order valence-electron chi connectivity index (χ2n) is 6.03. The smallest absolute Gasteiger partial charge is 0.416 e. The predicted octanol–water partition coefficient (Wildman–Crippen LogP) is 4.36. The highest BCUT2D eigenvalue weighted by atomic mass is 19.4. The second-order valence-corrected chi connectivity index (χ2v) is 6.03. The van der Waals surface area contributed by atoms with Gasteiger partial charge in [-0.25, -0.2) is 4.79 Å². The van der Waals surface area contributed by atoms with E-state index in [-0.39, 0.29) is 24.3 Å². The van der Waals surface area contributed by atoms with E-state index in [1.165, 1.54) is 12.1 Å². The standard InChI is InChI=1S/C18H15F4NO3/c19-17(26-15-7-3-13(4-8-15)18(20,21)22)9-10-23(11-17)14-5-1-12(2-6-14)16(24)25/h1-8H,9-11H2,(H,24,25)/t17-/m1/s1. The van der Waals surface area contributed by atoms with E-state index in [9.17, 15) is 22.4 Å². The molecule has 8 heteroatoms. The summed E-state index contributed by atoms with van der Waals surface area (Å²) in [6.07, 6.45) is -4.42. The third-order valence-corrected chi connectivity index (χ3v) is 4.14. The Morgan fingerprint density at radius 2 is 1.69 bits per heavy atom. The van der Waals surface area contributed by atoms with Crippen LogP contribution in [0.2, 0.25) is 0 Å². The maximum Gasteiger partial charge on any atom is 0.416 e. The van der Waals surface area contributed by atoms with E-state index in [1.54, 1.807) is 17.0 Å². The normalized spacial score (nSPS) is 20.2. The van der Waals surface area contributed by atoms with Crippen LogP contribution in [0.4, 0.5) is 23.2 Å². The Labute approximate surface area is 146 Å². The minimum absolute atomic E-state index is 0.0172. The number of alkyl halides is 4. The lowest BCUT2D eigenvalue weighted by molar-refractivity contribution is -0.137. The molecule has 1 N–H and O–H groups in total. The van der Waals surface area contributed by atoms with Crippen LogP contribution in [0.3, 0.4) is 0 Å². The minimum Gasteiger partial charge on any atom is -0.478 e. The van der Waals surface area contributed by atoms with Crippen LogP contribution in [-0.4, -0.2) is 30.0 Å². The summed E-state index contributed by atoms with van der Waals surface area (Å²) in [6.45, 7) is 0.226. The number of carboxylic acids is 1. The molecule has 0 saturated carbocycles. The van der Waals surface area contributed by atoms with Crippen LogP contribution in [0.15, 0.2) is 48.5 Å². The first kappa shape index (κ1) is 18.0. The van der Waals surface area contributed by atoms with Crippen molar-refractivity contribution in [1.29, 1.82) is 0 Å². The number of carboxylic acid groups (broad SMARTS) is 1. The zero-order chi connectivity index (χ0) is 18.9. The Hall–Kier alpha value is -2.77. The fraction of sp³-hybridized carbons (Fsp3) is 0.278. The first-order valence-corrected chi connectivity index (χ1v) is 7.80. The lowest BCUT2D eigenvalue weighted by Gasteiger charge is -2.23. The third kappa shape index (κ3) is 3.89. The molecule has 2 aromatic carbocycles. The van der Waals surface area contributed by atoms with E-state index < -0.39 is 23.6 Å². The molecular formula is C18H15F4NO3. The van der Waals surface area contributed by atoms with Gasteiger partial charge in [-0.2, -0.15) is 17.6 Å². The van der Waals surface area contributed by atoms with Crippen LogP contribution in [0.25, 0.3) is 0 Å². The summed E-state index contributed by atoms with van der Waals surface area (Å²) in [6, 6.07) is 9.87. The highest BCUT2D eigenvalue weighted by Crippen LogP contribution is 2.34. The molecule has 1 saturated heterocycles. The first-order chi connectivity index (χ1) is 12.2. The van der Waals surface area contributed by atoms with Gasteiger partial charge in [-0.3, -0.25) is 0 Å². The molecule has 0 amide bonds. The maximum atomic E-state index is 14.9. The Balaban J connectivity index is 1.67. The van der Waals surface area contributed by atoms with E-state index >= 15 is 0 Å². The molecule has 2 aromatic rings. The van der Waals surface area contributed by atoms with Crippen molar-refractivity contribution in [3.05, 3.63) is 59.7 Å². The van der Waals surface area contributed by atoms with Crippen molar-refractivity contribution in [2.75, 3.05) is 18.0 Å². The molecule has 138 valence electrons. The van der Waals surface area contributed by atoms with Gasteiger partial charge in [-0.1, -0.05) is 0 Å². The fourth-order valence-electron chi connectivity index (χ4n) is 2.79. The number of halogens is 4. The summed E-state index contributed by atoms with van der Waals surface area (Å²) in [5.41, 5.74) is -0.0599. The SMILES string of the molecule is O=C(O)c1ccc(N2CC[C@@](F)(Oc3ccc(C(F)(F)F)cc3)C2)cc1. The molecule has 1 atom stereocenters. The molecule has 0 aliphatic carbocycles. The van der Waals surface area contributed by atoms with Crippen molar-refractivity contribution in [2.45, 2.75) is 18.5 Å². The number of hydrogen-bond donors (Lipinski definition) is 1. The van der Waals surface area contributed by atoms with Crippen LogP contribution in [0.1, 0.15) is 22.3 Å². The lowest BCUT2D eigenvalue weighted by atomic mass is 10.2. The molecule has 1 aliphatic heterocycles. The number of nitrogens with zero attached hydrogens (tertiary/aromatic N) is 1. The van der Waals surface area contributed by atoms with E-state index in [4.69, 9.17) is 9.84 Å². The lowest BCUT2D eigenvalue weighted by Crippen LogP contribution is -2.34. The summed E-state index contributed by atoms with van der Waals surface area (Å²) in [7, 11) is 0. The molecule has 4 nitrogen and oxygen atoms in total. The van der Waals surface area contributed by atoms with Crippen molar-refractivity contribution in [2.24, 2.45) is 0 Å². The van der Waals surface area contributed by atoms with E-state index in [0.717, 1.165) is 24.3 Å². The number of anilines is 1. The van der Waals surface area contributed by atoms with Crippen molar-refractivity contribution in [3.63, 3.8) is 0 Å². The summed E-state index contributed by atoms with van der Waals surface area (Å²) < 4.78 is 57.8. The molecular weight excluding hydrogens is 354 g/mol. The number of hydrogen-bond acceptors (Lipinski definition) is 3. The average Bonchev–Trinajstić information content (AvgIpc) is 2.96. The van der Waals surface area contributed by atoms with Gasteiger partial charge >= 0.3 is 12.1 Å². The first-order valence-electron chi connectivity index (χ1n) is 7.80. The van der Waals surface area contributed by atoms with Gasteiger partial charge in [0.15, 0.2) is 0 Å². The number of rotatable bonds is 4. The van der Waals surface area contributed by atoms with Crippen molar-refractivity contribution < 1.29 is 32.2 Å². The van der Waals surface area contributed by atoms with Gasteiger partial charge in [-0.15, -0.1) is 0 Å². The summed E-state index contributed by atoms with van der Waals surface area (Å²) in [5, 5.41) is 8.89. The largest absolute Gasteiger partial charge is 0.478 e. The van der Waals surface area contributed by atoms with Gasteiger partial charge in [0.25, 0.3) is 5.85 Å². The topological polar surface area (TPSA) is 49.8 Å². The maximum absolute atomic E-state index is 14.9. The van der Waals surface area contributed by atoms with Gasteiger partial charge in [0.05, 0.1) is 17.7 Å². The zero-order valence-corrected chi connectivity index (χ0v) is 13.5. The quantitative estimate of drug-likeness (QED) is 0.814. The Kier molecular flexibility index (Phi) is 4.52. The van der Waals surface area contributed by atoms with Crippen molar-refractivity contribution in [3.8, 4) is 5.75 Å². The third-order valence-electron chi connectivity index (χ3n) is 4.14. The summed E-state index contributed by atoms with van der Waals surface area (Å²) >= 11 is 0. The molecule has 0 bridgehead atoms. The summed E-state index contributed by atoms with van der Waals surface area (Å²) in [4.78, 5) is 12.6.